The molecule has 1 saturated heterocycles. The Morgan fingerprint density at radius 3 is 2.29 bits per heavy atom. The first-order chi connectivity index (χ1) is 21.9. The molecule has 234 valence electrons. The lowest BCUT2D eigenvalue weighted by Crippen LogP contribution is -2.61. The standard InChI is InChI=1S/C35H38N4O6/c1-44-28-15-9-25(10-16-28)23-39(31(40)24-38-30-8-4-3-7-29(30)32(41)33(38)42)35(17-5-2-6-18-35)34(43)36-26-11-13-27(14-12-26)37-19-21-45-22-20-37/h3-4,7-16H,2,5-6,17-24H2,1H3,(H,36,43). The van der Waals surface area contributed by atoms with Crippen LogP contribution < -0.4 is 19.9 Å². The molecule has 6 rings (SSSR count). The van der Waals surface area contributed by atoms with Crippen molar-refractivity contribution in [2.24, 2.45) is 0 Å². The average molecular weight is 611 g/mol. The van der Waals surface area contributed by atoms with Gasteiger partial charge in [-0.05, 0) is 66.9 Å². The Kier molecular flexibility index (Phi) is 8.84. The average Bonchev–Trinajstić information content (AvgIpc) is 3.33. The van der Waals surface area contributed by atoms with Gasteiger partial charge in [-0.15, -0.1) is 0 Å². The lowest BCUT2D eigenvalue weighted by Gasteiger charge is -2.45. The molecular weight excluding hydrogens is 572 g/mol. The van der Waals surface area contributed by atoms with E-state index in [1.807, 2.05) is 48.5 Å². The van der Waals surface area contributed by atoms with Gasteiger partial charge >= 0.3 is 0 Å². The molecule has 0 spiro atoms. The number of nitrogens with one attached hydrogen (secondary N) is 1. The molecule has 1 N–H and O–H groups in total. The van der Waals surface area contributed by atoms with Gasteiger partial charge in [-0.2, -0.15) is 0 Å². The number of morpholine rings is 1. The van der Waals surface area contributed by atoms with Crippen LogP contribution in [-0.4, -0.2) is 73.9 Å². The zero-order valence-corrected chi connectivity index (χ0v) is 25.5. The Labute approximate surface area is 262 Å². The number of carbonyl (C=O) groups excluding carboxylic acids is 4. The molecule has 10 nitrogen and oxygen atoms in total. The summed E-state index contributed by atoms with van der Waals surface area (Å²) in [5, 5.41) is 3.12. The van der Waals surface area contributed by atoms with Crippen molar-refractivity contribution in [2.75, 3.05) is 55.1 Å². The molecule has 3 amide bonds. The van der Waals surface area contributed by atoms with E-state index in [9.17, 15) is 19.2 Å². The molecule has 10 heteroatoms. The summed E-state index contributed by atoms with van der Waals surface area (Å²) in [6, 6.07) is 21.8. The summed E-state index contributed by atoms with van der Waals surface area (Å²) in [6.45, 7) is 2.80. The maximum Gasteiger partial charge on any atom is 0.299 e. The number of hydrogen-bond acceptors (Lipinski definition) is 7. The summed E-state index contributed by atoms with van der Waals surface area (Å²) in [4.78, 5) is 59.6. The first-order valence-electron chi connectivity index (χ1n) is 15.5. The quantitative estimate of drug-likeness (QED) is 0.357. The smallest absolute Gasteiger partial charge is 0.299 e. The summed E-state index contributed by atoms with van der Waals surface area (Å²) >= 11 is 0. The van der Waals surface area contributed by atoms with Gasteiger partial charge in [0.05, 0.1) is 31.6 Å². The fraction of sp³-hybridized carbons (Fsp3) is 0.371. The van der Waals surface area contributed by atoms with E-state index in [2.05, 4.69) is 10.2 Å². The number of fused-ring (bicyclic) bond motifs is 1. The van der Waals surface area contributed by atoms with Crippen molar-refractivity contribution in [3.8, 4) is 5.75 Å². The van der Waals surface area contributed by atoms with Crippen LogP contribution in [0.4, 0.5) is 17.1 Å². The molecule has 2 heterocycles. The first kappa shape index (κ1) is 30.3. The number of Topliss-reactive ketones (excluding diaryl/α,β-unsaturated/α-hetero) is 1. The Hall–Kier alpha value is -4.70. The van der Waals surface area contributed by atoms with Gasteiger partial charge in [0.1, 0.15) is 17.8 Å². The Morgan fingerprint density at radius 1 is 0.911 bits per heavy atom. The lowest BCUT2D eigenvalue weighted by molar-refractivity contribution is -0.148. The van der Waals surface area contributed by atoms with E-state index in [0.717, 1.165) is 43.6 Å². The summed E-state index contributed by atoms with van der Waals surface area (Å²) in [5.74, 6) is -1.35. The van der Waals surface area contributed by atoms with Crippen molar-refractivity contribution in [1.82, 2.24) is 4.90 Å². The number of amides is 3. The van der Waals surface area contributed by atoms with Crippen LogP contribution in [0.2, 0.25) is 0 Å². The monoisotopic (exact) mass is 610 g/mol. The van der Waals surface area contributed by atoms with Crippen LogP contribution in [-0.2, 0) is 25.7 Å². The number of nitrogens with zero attached hydrogens (tertiary/aromatic N) is 3. The molecule has 3 aliphatic rings. The van der Waals surface area contributed by atoms with Gasteiger partial charge in [0.25, 0.3) is 11.7 Å². The van der Waals surface area contributed by atoms with Crippen molar-refractivity contribution in [2.45, 2.75) is 44.2 Å². The molecular formula is C35H38N4O6. The number of para-hydroxylation sites is 1. The third-order valence-corrected chi connectivity index (χ3v) is 9.09. The van der Waals surface area contributed by atoms with Crippen LogP contribution in [0.25, 0.3) is 0 Å². The Morgan fingerprint density at radius 2 is 1.60 bits per heavy atom. The molecule has 0 aromatic heterocycles. The second-order valence-corrected chi connectivity index (χ2v) is 11.8. The van der Waals surface area contributed by atoms with Gasteiger partial charge in [-0.1, -0.05) is 43.5 Å². The van der Waals surface area contributed by atoms with Crippen LogP contribution in [0.3, 0.4) is 0 Å². The summed E-state index contributed by atoms with van der Waals surface area (Å²) in [7, 11) is 1.59. The normalized spacial score (nSPS) is 17.5. The van der Waals surface area contributed by atoms with Gasteiger partial charge in [0, 0.05) is 31.0 Å². The van der Waals surface area contributed by atoms with Crippen molar-refractivity contribution in [3.05, 3.63) is 83.9 Å². The molecule has 3 aromatic rings. The minimum atomic E-state index is -1.15. The topological polar surface area (TPSA) is 108 Å². The molecule has 45 heavy (non-hydrogen) atoms. The Balaban J connectivity index is 1.30. The van der Waals surface area contributed by atoms with E-state index in [4.69, 9.17) is 9.47 Å². The van der Waals surface area contributed by atoms with Crippen molar-refractivity contribution < 1.29 is 28.7 Å². The molecule has 1 aliphatic carbocycles. The third-order valence-electron chi connectivity index (χ3n) is 9.09. The van der Waals surface area contributed by atoms with Crippen LogP contribution in [0.1, 0.15) is 48.0 Å². The predicted octanol–water partition coefficient (Wildman–Crippen LogP) is 4.43. The van der Waals surface area contributed by atoms with Crippen molar-refractivity contribution in [1.29, 1.82) is 0 Å². The van der Waals surface area contributed by atoms with Gasteiger partial charge in [-0.25, -0.2) is 0 Å². The molecule has 1 saturated carbocycles. The molecule has 2 aliphatic heterocycles. The number of hydrogen-bond donors (Lipinski definition) is 1. The number of benzene rings is 3. The zero-order valence-electron chi connectivity index (χ0n) is 25.5. The van der Waals surface area contributed by atoms with Crippen molar-refractivity contribution in [3.63, 3.8) is 0 Å². The third kappa shape index (κ3) is 6.15. The van der Waals surface area contributed by atoms with E-state index in [0.29, 0.717) is 43.2 Å². The van der Waals surface area contributed by atoms with Crippen LogP contribution in [0.15, 0.2) is 72.8 Å². The number of ketones is 1. The molecule has 0 bridgehead atoms. The van der Waals surface area contributed by atoms with Crippen LogP contribution >= 0.6 is 0 Å². The van der Waals surface area contributed by atoms with Crippen LogP contribution in [0, 0.1) is 0 Å². The van der Waals surface area contributed by atoms with Gasteiger partial charge in [0.2, 0.25) is 11.8 Å². The zero-order chi connectivity index (χ0) is 31.4. The molecule has 3 aromatic carbocycles. The highest BCUT2D eigenvalue weighted by Crippen LogP contribution is 2.38. The predicted molar refractivity (Wildman–Crippen MR) is 171 cm³/mol. The number of rotatable bonds is 9. The fourth-order valence-electron chi connectivity index (χ4n) is 6.60. The summed E-state index contributed by atoms with van der Waals surface area (Å²) in [6.07, 6.45) is 3.48. The highest BCUT2D eigenvalue weighted by Gasteiger charge is 2.48. The maximum absolute atomic E-state index is 14.4. The van der Waals surface area contributed by atoms with Gasteiger partial charge < -0.3 is 24.6 Å². The van der Waals surface area contributed by atoms with Crippen molar-refractivity contribution >= 4 is 40.6 Å². The summed E-state index contributed by atoms with van der Waals surface area (Å²) in [5.41, 5.74) is 2.07. The lowest BCUT2D eigenvalue weighted by atomic mass is 9.78. The van der Waals surface area contributed by atoms with E-state index in [1.165, 1.54) is 4.90 Å². The first-order valence-corrected chi connectivity index (χ1v) is 15.5. The second kappa shape index (κ2) is 13.1. The molecule has 0 radical (unpaired) electrons. The largest absolute Gasteiger partial charge is 0.497 e. The van der Waals surface area contributed by atoms with Gasteiger partial charge in [-0.3, -0.25) is 24.1 Å². The number of carbonyl (C=O) groups is 4. The van der Waals surface area contributed by atoms with E-state index >= 15 is 0 Å². The number of ether oxygens (including phenoxy) is 2. The van der Waals surface area contributed by atoms with E-state index < -0.39 is 23.1 Å². The Bertz CT molecular complexity index is 1560. The molecule has 0 unspecified atom stereocenters. The molecule has 0 atom stereocenters. The maximum atomic E-state index is 14.4. The van der Waals surface area contributed by atoms with E-state index in [1.54, 1.807) is 36.3 Å². The van der Waals surface area contributed by atoms with E-state index in [-0.39, 0.29) is 24.6 Å². The fourth-order valence-corrected chi connectivity index (χ4v) is 6.60. The number of anilines is 3. The van der Waals surface area contributed by atoms with Gasteiger partial charge in [0.15, 0.2) is 0 Å². The number of methoxy groups -OCH3 is 1. The SMILES string of the molecule is COc1ccc(CN(C(=O)CN2C(=O)C(=O)c3ccccc32)C2(C(=O)Nc3ccc(N4CCOCC4)cc3)CCCCC2)cc1. The minimum Gasteiger partial charge on any atom is -0.497 e. The highest BCUT2D eigenvalue weighted by atomic mass is 16.5. The highest BCUT2D eigenvalue weighted by molar-refractivity contribution is 6.52. The van der Waals surface area contributed by atoms with Crippen LogP contribution in [0.5, 0.6) is 5.75 Å². The second-order valence-electron chi connectivity index (χ2n) is 11.8. The minimum absolute atomic E-state index is 0.157. The summed E-state index contributed by atoms with van der Waals surface area (Å²) < 4.78 is 10.8. The molecule has 2 fully saturated rings.